The molecule has 2 aromatic carbocycles. The average molecular weight is 349 g/mol. The molecule has 6 nitrogen and oxygen atoms in total. The van der Waals surface area contributed by atoms with Crippen LogP contribution in [0.25, 0.3) is 11.0 Å². The summed E-state index contributed by atoms with van der Waals surface area (Å²) in [5.74, 6) is -0.343. The van der Waals surface area contributed by atoms with Gasteiger partial charge in [0.05, 0.1) is 29.5 Å². The van der Waals surface area contributed by atoms with Crippen LogP contribution in [0.3, 0.4) is 0 Å². The molecule has 3 aromatic rings. The first-order valence-corrected chi connectivity index (χ1v) is 8.55. The number of carbonyl (C=O) groups is 1. The van der Waals surface area contributed by atoms with Gasteiger partial charge in [0, 0.05) is 26.3 Å². The van der Waals surface area contributed by atoms with Gasteiger partial charge in [0.15, 0.2) is 0 Å². The molecule has 1 amide bonds. The number of anilines is 1. The summed E-state index contributed by atoms with van der Waals surface area (Å²) in [6.07, 6.45) is 3.42. The number of nitrogens with one attached hydrogen (secondary N) is 1. The van der Waals surface area contributed by atoms with Crippen LogP contribution in [0.15, 0.2) is 60.0 Å². The van der Waals surface area contributed by atoms with E-state index in [1.165, 1.54) is 0 Å². The van der Waals surface area contributed by atoms with Crippen LogP contribution in [-0.4, -0.2) is 35.8 Å². The Labute approximate surface area is 153 Å². The van der Waals surface area contributed by atoms with E-state index in [9.17, 15) is 4.79 Å². The van der Waals surface area contributed by atoms with Gasteiger partial charge < -0.3 is 9.47 Å². The summed E-state index contributed by atoms with van der Waals surface area (Å²) in [5, 5.41) is 4.07. The number of carbonyl (C=O) groups excluding carboxylic acids is 1. The van der Waals surface area contributed by atoms with E-state index in [0.29, 0.717) is 6.54 Å². The fourth-order valence-corrected chi connectivity index (χ4v) is 2.67. The Balaban J connectivity index is 1.57. The van der Waals surface area contributed by atoms with Crippen LogP contribution in [0.4, 0.5) is 5.69 Å². The Hall–Kier alpha value is -3.15. The van der Waals surface area contributed by atoms with Gasteiger partial charge in [-0.25, -0.2) is 10.4 Å². The van der Waals surface area contributed by atoms with E-state index in [1.807, 2.05) is 79.0 Å². The van der Waals surface area contributed by atoms with Crippen molar-refractivity contribution < 1.29 is 4.79 Å². The number of rotatable bonds is 6. The number of nitrogens with zero attached hydrogens (tertiary/aromatic N) is 4. The number of imidazole rings is 1. The van der Waals surface area contributed by atoms with Crippen molar-refractivity contribution >= 4 is 28.8 Å². The van der Waals surface area contributed by atoms with E-state index in [4.69, 9.17) is 0 Å². The number of fused-ring (bicyclic) bond motifs is 1. The Bertz CT molecular complexity index is 911. The second kappa shape index (κ2) is 7.82. The second-order valence-electron chi connectivity index (χ2n) is 6.51. The smallest absolute Gasteiger partial charge is 0.244 e. The van der Waals surface area contributed by atoms with Gasteiger partial charge in [-0.3, -0.25) is 4.79 Å². The van der Waals surface area contributed by atoms with Crippen molar-refractivity contribution in [2.45, 2.75) is 13.5 Å². The van der Waals surface area contributed by atoms with Crippen LogP contribution >= 0.6 is 0 Å². The Morgan fingerprint density at radius 3 is 2.69 bits per heavy atom. The molecule has 0 aliphatic rings. The molecule has 0 aliphatic heterocycles. The minimum absolute atomic E-state index is 0.121. The third-order valence-corrected chi connectivity index (χ3v) is 4.24. The van der Waals surface area contributed by atoms with Crippen LogP contribution in [0.1, 0.15) is 12.5 Å². The fraction of sp³-hybridized carbons (Fsp3) is 0.250. The molecule has 0 saturated heterocycles. The zero-order valence-corrected chi connectivity index (χ0v) is 15.3. The number of hydrogen-bond donors (Lipinski definition) is 1. The van der Waals surface area contributed by atoms with Gasteiger partial charge >= 0.3 is 0 Å². The molecule has 0 bridgehead atoms. The van der Waals surface area contributed by atoms with Crippen molar-refractivity contribution in [1.29, 1.82) is 0 Å². The Morgan fingerprint density at radius 2 is 1.96 bits per heavy atom. The molecule has 0 unspecified atom stereocenters. The summed E-state index contributed by atoms with van der Waals surface area (Å²) < 4.78 is 1.99. The molecule has 6 heteroatoms. The largest absolute Gasteiger partial charge is 0.378 e. The van der Waals surface area contributed by atoms with Crippen LogP contribution in [0.5, 0.6) is 0 Å². The molecule has 1 aromatic heterocycles. The van der Waals surface area contributed by atoms with E-state index in [1.54, 1.807) is 12.5 Å². The van der Waals surface area contributed by atoms with Gasteiger partial charge in [-0.2, -0.15) is 5.10 Å². The lowest BCUT2D eigenvalue weighted by Gasteiger charge is -2.12. The van der Waals surface area contributed by atoms with Crippen LogP contribution in [0, 0.1) is 5.92 Å². The summed E-state index contributed by atoms with van der Waals surface area (Å²) >= 11 is 0. The lowest BCUT2D eigenvalue weighted by Crippen LogP contribution is -2.27. The quantitative estimate of drug-likeness (QED) is 0.550. The van der Waals surface area contributed by atoms with Crippen LogP contribution in [-0.2, 0) is 11.3 Å². The zero-order chi connectivity index (χ0) is 18.5. The van der Waals surface area contributed by atoms with E-state index < -0.39 is 0 Å². The number of hydrogen-bond acceptors (Lipinski definition) is 4. The molecular weight excluding hydrogens is 326 g/mol. The first kappa shape index (κ1) is 17.7. The lowest BCUT2D eigenvalue weighted by atomic mass is 10.1. The maximum absolute atomic E-state index is 12.3. The molecule has 134 valence electrons. The third kappa shape index (κ3) is 4.08. The topological polar surface area (TPSA) is 62.5 Å². The van der Waals surface area contributed by atoms with Crippen molar-refractivity contribution in [3.05, 3.63) is 60.4 Å². The summed E-state index contributed by atoms with van der Waals surface area (Å²) in [7, 11) is 3.99. The fourth-order valence-electron chi connectivity index (χ4n) is 2.67. The number of para-hydroxylation sites is 2. The van der Waals surface area contributed by atoms with Crippen LogP contribution < -0.4 is 10.3 Å². The summed E-state index contributed by atoms with van der Waals surface area (Å²) in [5.41, 5.74) is 6.62. The number of aromatic nitrogens is 2. The van der Waals surface area contributed by atoms with Crippen molar-refractivity contribution in [3.8, 4) is 0 Å². The standard InChI is InChI=1S/C20H23N5O/c1-15(13-25-14-21-18-6-4-5-7-19(18)25)20(26)23-22-12-16-8-10-17(11-9-16)24(2)3/h4-12,14-15H,13H2,1-3H3,(H,23,26)/b22-12-/t15-/m0/s1. The minimum atomic E-state index is -0.221. The van der Waals surface area contributed by atoms with E-state index in [-0.39, 0.29) is 11.8 Å². The summed E-state index contributed by atoms with van der Waals surface area (Å²) in [6, 6.07) is 15.8. The summed E-state index contributed by atoms with van der Waals surface area (Å²) in [4.78, 5) is 18.7. The molecular formula is C20H23N5O. The van der Waals surface area contributed by atoms with Crippen molar-refractivity contribution in [3.63, 3.8) is 0 Å². The molecule has 0 fully saturated rings. The highest BCUT2D eigenvalue weighted by atomic mass is 16.2. The molecule has 0 aliphatic carbocycles. The number of hydrazone groups is 1. The zero-order valence-electron chi connectivity index (χ0n) is 15.3. The highest BCUT2D eigenvalue weighted by Gasteiger charge is 2.14. The van der Waals surface area contributed by atoms with Crippen molar-refractivity contribution in [1.82, 2.24) is 15.0 Å². The van der Waals surface area contributed by atoms with Gasteiger partial charge in [0.2, 0.25) is 5.91 Å². The van der Waals surface area contributed by atoms with Gasteiger partial charge in [0.1, 0.15) is 0 Å². The van der Waals surface area contributed by atoms with Gasteiger partial charge in [-0.1, -0.05) is 31.2 Å². The molecule has 0 spiro atoms. The summed E-state index contributed by atoms with van der Waals surface area (Å²) in [6.45, 7) is 2.44. The highest BCUT2D eigenvalue weighted by Crippen LogP contribution is 2.14. The minimum Gasteiger partial charge on any atom is -0.378 e. The monoisotopic (exact) mass is 349 g/mol. The van der Waals surface area contributed by atoms with Gasteiger partial charge in [0.25, 0.3) is 0 Å². The highest BCUT2D eigenvalue weighted by molar-refractivity contribution is 5.83. The van der Waals surface area contributed by atoms with E-state index in [0.717, 1.165) is 22.3 Å². The first-order valence-electron chi connectivity index (χ1n) is 8.55. The predicted octanol–water partition coefficient (Wildman–Crippen LogP) is 2.89. The predicted molar refractivity (Wildman–Crippen MR) is 105 cm³/mol. The SMILES string of the molecule is C[C@@H](Cn1cnc2ccccc21)C(=O)N/N=C\c1ccc(N(C)C)cc1. The molecule has 0 saturated carbocycles. The second-order valence-corrected chi connectivity index (χ2v) is 6.51. The maximum atomic E-state index is 12.3. The molecule has 3 rings (SSSR count). The Kier molecular flexibility index (Phi) is 5.31. The number of benzene rings is 2. The van der Waals surface area contributed by atoms with E-state index >= 15 is 0 Å². The van der Waals surface area contributed by atoms with E-state index in [2.05, 4.69) is 15.5 Å². The molecule has 1 atom stereocenters. The molecule has 1 heterocycles. The third-order valence-electron chi connectivity index (χ3n) is 4.24. The molecule has 26 heavy (non-hydrogen) atoms. The van der Waals surface area contributed by atoms with Crippen LogP contribution in [0.2, 0.25) is 0 Å². The van der Waals surface area contributed by atoms with Crippen molar-refractivity contribution in [2.75, 3.05) is 19.0 Å². The lowest BCUT2D eigenvalue weighted by molar-refractivity contribution is -0.124. The normalized spacial score (nSPS) is 12.4. The molecule has 0 radical (unpaired) electrons. The van der Waals surface area contributed by atoms with Gasteiger partial charge in [-0.05, 0) is 29.8 Å². The maximum Gasteiger partial charge on any atom is 0.244 e. The number of amides is 1. The Morgan fingerprint density at radius 1 is 1.23 bits per heavy atom. The first-order chi connectivity index (χ1) is 12.5. The molecule has 1 N–H and O–H groups in total. The van der Waals surface area contributed by atoms with Gasteiger partial charge in [-0.15, -0.1) is 0 Å². The average Bonchev–Trinajstić information content (AvgIpc) is 3.05. The van der Waals surface area contributed by atoms with Crippen molar-refractivity contribution in [2.24, 2.45) is 11.0 Å².